The number of fused-ring (bicyclic) bond motifs is 1. The fourth-order valence-corrected chi connectivity index (χ4v) is 5.31. The van der Waals surface area contributed by atoms with Crippen LogP contribution < -0.4 is 5.32 Å². The zero-order chi connectivity index (χ0) is 24.2. The van der Waals surface area contributed by atoms with Crippen LogP contribution in [0.4, 0.5) is 0 Å². The Kier molecular flexibility index (Phi) is 7.51. The molecule has 1 aromatic heterocycles. The predicted molar refractivity (Wildman–Crippen MR) is 140 cm³/mol. The molecule has 1 amide bonds. The molecule has 184 valence electrons. The minimum atomic E-state index is -0.0887. The Bertz CT molecular complexity index is 1140. The first-order valence-corrected chi connectivity index (χ1v) is 13.1. The maximum Gasteiger partial charge on any atom is 0.272 e. The molecule has 1 aliphatic carbocycles. The van der Waals surface area contributed by atoms with Gasteiger partial charge >= 0.3 is 0 Å². The number of nitrogens with one attached hydrogen (secondary N) is 1. The lowest BCUT2D eigenvalue weighted by Crippen LogP contribution is -2.48. The van der Waals surface area contributed by atoms with Crippen LogP contribution in [0, 0.1) is 0 Å². The molecule has 2 aliphatic rings. The molecule has 0 spiro atoms. The van der Waals surface area contributed by atoms with Crippen molar-refractivity contribution < 1.29 is 4.79 Å². The van der Waals surface area contributed by atoms with Crippen LogP contribution in [-0.4, -0.2) is 65.3 Å². The van der Waals surface area contributed by atoms with E-state index >= 15 is 0 Å². The van der Waals surface area contributed by atoms with Crippen molar-refractivity contribution in [2.45, 2.75) is 38.1 Å². The number of halogens is 1. The van der Waals surface area contributed by atoms with Gasteiger partial charge in [0.2, 0.25) is 0 Å². The molecule has 1 aliphatic heterocycles. The number of hydrogen-bond acceptors (Lipinski definition) is 4. The Balaban J connectivity index is 1.44. The maximum atomic E-state index is 13.8. The Morgan fingerprint density at radius 2 is 1.69 bits per heavy atom. The van der Waals surface area contributed by atoms with Crippen molar-refractivity contribution in [2.24, 2.45) is 0 Å². The smallest absolute Gasteiger partial charge is 0.272 e. The molecule has 0 radical (unpaired) electrons. The molecular weight excluding hydrogens is 458 g/mol. The van der Waals surface area contributed by atoms with E-state index in [1.807, 2.05) is 47.1 Å². The number of carbonyl (C=O) groups is 1. The molecule has 7 heteroatoms. The lowest BCUT2D eigenvalue weighted by atomic mass is 10.0. The molecule has 3 aromatic rings. The summed E-state index contributed by atoms with van der Waals surface area (Å²) in [6.45, 7) is 4.92. The van der Waals surface area contributed by atoms with E-state index in [0.29, 0.717) is 10.7 Å². The zero-order valence-electron chi connectivity index (χ0n) is 20.4. The van der Waals surface area contributed by atoms with Crippen LogP contribution >= 0.6 is 11.6 Å². The maximum absolute atomic E-state index is 13.8. The quantitative estimate of drug-likeness (QED) is 0.515. The van der Waals surface area contributed by atoms with Crippen LogP contribution in [0.15, 0.2) is 54.6 Å². The Hall–Kier alpha value is -2.67. The van der Waals surface area contributed by atoms with Gasteiger partial charge in [-0.3, -0.25) is 9.69 Å². The predicted octanol–water partition coefficient (Wildman–Crippen LogP) is 4.51. The summed E-state index contributed by atoms with van der Waals surface area (Å²) in [5, 5.41) is 8.93. The molecule has 0 saturated carbocycles. The van der Waals surface area contributed by atoms with Crippen molar-refractivity contribution in [3.05, 3.63) is 82.1 Å². The Morgan fingerprint density at radius 1 is 0.971 bits per heavy atom. The van der Waals surface area contributed by atoms with Gasteiger partial charge in [-0.15, -0.1) is 0 Å². The number of aromatic nitrogens is 2. The van der Waals surface area contributed by atoms with E-state index in [2.05, 4.69) is 34.3 Å². The molecule has 1 fully saturated rings. The van der Waals surface area contributed by atoms with E-state index in [9.17, 15) is 4.79 Å². The van der Waals surface area contributed by atoms with E-state index in [0.717, 1.165) is 80.9 Å². The van der Waals surface area contributed by atoms with E-state index in [-0.39, 0.29) is 11.9 Å². The van der Waals surface area contributed by atoms with Gasteiger partial charge in [0.05, 0.1) is 11.7 Å². The molecule has 5 rings (SSSR count). The second-order valence-corrected chi connectivity index (χ2v) is 10.2. The van der Waals surface area contributed by atoms with Gasteiger partial charge in [0, 0.05) is 49.0 Å². The van der Waals surface area contributed by atoms with Crippen LogP contribution in [0.25, 0.3) is 5.69 Å². The van der Waals surface area contributed by atoms with Crippen molar-refractivity contribution in [1.82, 2.24) is 24.9 Å². The molecule has 6 nitrogen and oxygen atoms in total. The summed E-state index contributed by atoms with van der Waals surface area (Å²) in [4.78, 5) is 18.6. The summed E-state index contributed by atoms with van der Waals surface area (Å²) in [6, 6.07) is 17.9. The van der Waals surface area contributed by atoms with Crippen LogP contribution in [0.1, 0.15) is 52.6 Å². The van der Waals surface area contributed by atoms with Crippen LogP contribution in [0.2, 0.25) is 5.02 Å². The minimum Gasteiger partial charge on any atom is -0.343 e. The summed E-state index contributed by atoms with van der Waals surface area (Å²) in [5.41, 5.74) is 4.90. The molecule has 1 N–H and O–H groups in total. The van der Waals surface area contributed by atoms with Gasteiger partial charge in [-0.25, -0.2) is 4.68 Å². The first kappa shape index (κ1) is 24.0. The van der Waals surface area contributed by atoms with Crippen molar-refractivity contribution in [3.63, 3.8) is 0 Å². The Labute approximate surface area is 212 Å². The van der Waals surface area contributed by atoms with Gasteiger partial charge in [-0.2, -0.15) is 5.10 Å². The highest BCUT2D eigenvalue weighted by atomic mass is 35.5. The number of carbonyl (C=O) groups excluding carboxylic acids is 1. The van der Waals surface area contributed by atoms with Gasteiger partial charge in [0.25, 0.3) is 5.91 Å². The third kappa shape index (κ3) is 5.61. The molecule has 1 unspecified atom stereocenters. The van der Waals surface area contributed by atoms with Gasteiger partial charge in [-0.1, -0.05) is 48.4 Å². The van der Waals surface area contributed by atoms with Crippen molar-refractivity contribution in [2.75, 3.05) is 39.8 Å². The summed E-state index contributed by atoms with van der Waals surface area (Å²) < 4.78 is 1.96. The SMILES string of the molecule is CN1CCN(CC(NC(=O)c2nn(-c3ccc(Cl)cc3)c3c2CCCCC3)c2ccccc2)CC1. The highest BCUT2D eigenvalue weighted by Gasteiger charge is 2.28. The summed E-state index contributed by atoms with van der Waals surface area (Å²) in [5.74, 6) is -0.0844. The Morgan fingerprint density at radius 3 is 2.43 bits per heavy atom. The average molecular weight is 492 g/mol. The molecule has 0 bridgehead atoms. The van der Waals surface area contributed by atoms with Crippen molar-refractivity contribution >= 4 is 17.5 Å². The van der Waals surface area contributed by atoms with Crippen LogP contribution in [0.3, 0.4) is 0 Å². The third-order valence-electron chi connectivity index (χ3n) is 7.26. The number of piperazine rings is 1. The van der Waals surface area contributed by atoms with E-state index in [4.69, 9.17) is 16.7 Å². The number of benzene rings is 2. The summed E-state index contributed by atoms with van der Waals surface area (Å²) in [6.07, 6.45) is 5.20. The number of rotatable bonds is 6. The van der Waals surface area contributed by atoms with Gasteiger partial charge in [-0.05, 0) is 62.6 Å². The molecule has 1 saturated heterocycles. The van der Waals surface area contributed by atoms with E-state index < -0.39 is 0 Å². The van der Waals surface area contributed by atoms with Crippen molar-refractivity contribution in [3.8, 4) is 5.69 Å². The highest BCUT2D eigenvalue weighted by Crippen LogP contribution is 2.28. The molecule has 2 aromatic carbocycles. The van der Waals surface area contributed by atoms with Gasteiger partial charge < -0.3 is 10.2 Å². The molecule has 2 heterocycles. The van der Waals surface area contributed by atoms with E-state index in [1.165, 1.54) is 6.42 Å². The van der Waals surface area contributed by atoms with E-state index in [1.54, 1.807) is 0 Å². The van der Waals surface area contributed by atoms with Crippen molar-refractivity contribution in [1.29, 1.82) is 0 Å². The summed E-state index contributed by atoms with van der Waals surface area (Å²) >= 11 is 6.13. The van der Waals surface area contributed by atoms with Gasteiger partial charge in [0.1, 0.15) is 0 Å². The molecular formula is C28H34ClN5O. The number of hydrogen-bond donors (Lipinski definition) is 1. The number of nitrogens with zero attached hydrogens (tertiary/aromatic N) is 4. The number of amides is 1. The fraction of sp³-hybridized carbons (Fsp3) is 0.429. The van der Waals surface area contributed by atoms with Gasteiger partial charge in [0.15, 0.2) is 5.69 Å². The zero-order valence-corrected chi connectivity index (χ0v) is 21.2. The monoisotopic (exact) mass is 491 g/mol. The largest absolute Gasteiger partial charge is 0.343 e. The van der Waals surface area contributed by atoms with Crippen LogP contribution in [-0.2, 0) is 12.8 Å². The highest BCUT2D eigenvalue weighted by molar-refractivity contribution is 6.30. The topological polar surface area (TPSA) is 53.4 Å². The first-order chi connectivity index (χ1) is 17.1. The fourth-order valence-electron chi connectivity index (χ4n) is 5.19. The lowest BCUT2D eigenvalue weighted by Gasteiger charge is -2.35. The second kappa shape index (κ2) is 10.9. The minimum absolute atomic E-state index is 0.0844. The average Bonchev–Trinajstić information content (AvgIpc) is 3.07. The standard InChI is InChI=1S/C28H34ClN5O/c1-32-16-18-33(19-17-32)20-25(21-8-4-2-5-9-21)30-28(35)27-24-10-6-3-7-11-26(24)34(31-27)23-14-12-22(29)13-15-23/h2,4-5,8-9,12-15,25H,3,6-7,10-11,16-20H2,1H3,(H,30,35). The third-order valence-corrected chi connectivity index (χ3v) is 7.51. The van der Waals surface area contributed by atoms with Crippen LogP contribution in [0.5, 0.6) is 0 Å². The number of likely N-dealkylation sites (N-methyl/N-ethyl adjacent to an activating group) is 1. The normalized spacial score (nSPS) is 18.0. The molecule has 1 atom stereocenters. The summed E-state index contributed by atoms with van der Waals surface area (Å²) in [7, 11) is 2.16. The lowest BCUT2D eigenvalue weighted by molar-refractivity contribution is 0.0901. The second-order valence-electron chi connectivity index (χ2n) is 9.76. The first-order valence-electron chi connectivity index (χ1n) is 12.7. The molecule has 35 heavy (non-hydrogen) atoms.